The number of nitrogens with one attached hydrogen (secondary N) is 1. The van der Waals surface area contributed by atoms with E-state index in [1.807, 2.05) is 31.2 Å². The van der Waals surface area contributed by atoms with Gasteiger partial charge in [0.25, 0.3) is 5.91 Å². The molecule has 0 unspecified atom stereocenters. The largest absolute Gasteiger partial charge is 0.444 e. The highest BCUT2D eigenvalue weighted by Gasteiger charge is 2.22. The van der Waals surface area contributed by atoms with Crippen LogP contribution in [0.4, 0.5) is 10.5 Å². The second-order valence-corrected chi connectivity index (χ2v) is 8.88. The summed E-state index contributed by atoms with van der Waals surface area (Å²) in [6.07, 6.45) is -0.557. The number of anilines is 1. The van der Waals surface area contributed by atoms with Crippen molar-refractivity contribution >= 4 is 39.2 Å². The summed E-state index contributed by atoms with van der Waals surface area (Å²) < 4.78 is 6.36. The van der Waals surface area contributed by atoms with Crippen LogP contribution in [-0.4, -0.2) is 34.5 Å². The zero-order chi connectivity index (χ0) is 21.2. The van der Waals surface area contributed by atoms with Crippen LogP contribution in [0, 0.1) is 0 Å². The zero-order valence-corrected chi connectivity index (χ0v) is 18.0. The number of thiazole rings is 1. The monoisotopic (exact) mass is 411 g/mol. The number of nitrogens with zero attached hydrogens (tertiary/aromatic N) is 2. The van der Waals surface area contributed by atoms with Gasteiger partial charge >= 0.3 is 6.09 Å². The molecule has 0 spiro atoms. The predicted octanol–water partition coefficient (Wildman–Crippen LogP) is 5.48. The molecule has 3 aromatic rings. The van der Waals surface area contributed by atoms with E-state index in [1.54, 1.807) is 68.3 Å². The Balaban J connectivity index is 1.74. The molecule has 0 aliphatic rings. The van der Waals surface area contributed by atoms with E-state index in [9.17, 15) is 9.59 Å². The van der Waals surface area contributed by atoms with Crippen LogP contribution >= 0.6 is 11.3 Å². The maximum atomic E-state index is 13.0. The smallest absolute Gasteiger partial charge is 0.412 e. The lowest BCUT2D eigenvalue weighted by atomic mass is 10.1. The number of amides is 2. The fourth-order valence-corrected chi connectivity index (χ4v) is 3.83. The zero-order valence-electron chi connectivity index (χ0n) is 17.2. The summed E-state index contributed by atoms with van der Waals surface area (Å²) in [5, 5.41) is 3.55. The molecule has 0 aliphatic carbocycles. The van der Waals surface area contributed by atoms with Gasteiger partial charge in [-0.2, -0.15) is 0 Å². The number of fused-ring (bicyclic) bond motifs is 1. The van der Waals surface area contributed by atoms with Crippen LogP contribution in [0.15, 0.2) is 48.5 Å². The van der Waals surface area contributed by atoms with Gasteiger partial charge in [0.05, 0.1) is 16.3 Å². The summed E-state index contributed by atoms with van der Waals surface area (Å²) in [4.78, 5) is 31.3. The topological polar surface area (TPSA) is 71.5 Å². The van der Waals surface area contributed by atoms with Crippen LogP contribution in [0.1, 0.15) is 49.1 Å². The summed E-state index contributed by atoms with van der Waals surface area (Å²) >= 11 is 1.58. The third-order valence-corrected chi connectivity index (χ3v) is 5.53. The van der Waals surface area contributed by atoms with Gasteiger partial charge in [-0.3, -0.25) is 10.1 Å². The standard InChI is InChI=1S/C22H25N3O3S/c1-14(19-24-17-11-6-7-12-18(17)29-19)25(5)20(26)15-9-8-10-16(13-15)23-21(27)28-22(2,3)4/h6-14H,1-5H3,(H,23,27)/t14-/m1/s1. The number of benzene rings is 2. The minimum absolute atomic E-state index is 0.149. The minimum atomic E-state index is -0.593. The molecule has 0 saturated carbocycles. The molecular weight excluding hydrogens is 386 g/mol. The van der Waals surface area contributed by atoms with Gasteiger partial charge in [0.1, 0.15) is 10.6 Å². The highest BCUT2D eigenvalue weighted by molar-refractivity contribution is 7.18. The summed E-state index contributed by atoms with van der Waals surface area (Å²) in [6.45, 7) is 7.35. The van der Waals surface area contributed by atoms with Gasteiger partial charge in [-0.25, -0.2) is 9.78 Å². The predicted molar refractivity (Wildman–Crippen MR) is 116 cm³/mol. The van der Waals surface area contributed by atoms with Gasteiger partial charge in [-0.05, 0) is 58.0 Å². The highest BCUT2D eigenvalue weighted by Crippen LogP contribution is 2.29. The van der Waals surface area contributed by atoms with Crippen molar-refractivity contribution in [1.29, 1.82) is 0 Å². The van der Waals surface area contributed by atoms with Crippen molar-refractivity contribution in [2.45, 2.75) is 39.3 Å². The van der Waals surface area contributed by atoms with Gasteiger partial charge in [-0.15, -0.1) is 11.3 Å². The van der Waals surface area contributed by atoms with Crippen molar-refractivity contribution < 1.29 is 14.3 Å². The van der Waals surface area contributed by atoms with Crippen LogP contribution in [0.25, 0.3) is 10.2 Å². The summed E-state index contributed by atoms with van der Waals surface area (Å²) in [6, 6.07) is 14.6. The summed E-state index contributed by atoms with van der Waals surface area (Å²) in [7, 11) is 1.76. The fraction of sp³-hybridized carbons (Fsp3) is 0.318. The van der Waals surface area contributed by atoms with Crippen LogP contribution in [0.3, 0.4) is 0 Å². The molecule has 0 radical (unpaired) electrons. The number of hydrogen-bond acceptors (Lipinski definition) is 5. The van der Waals surface area contributed by atoms with Crippen molar-refractivity contribution in [1.82, 2.24) is 9.88 Å². The Kier molecular flexibility index (Phi) is 5.88. The van der Waals surface area contributed by atoms with Crippen LogP contribution in [0.2, 0.25) is 0 Å². The van der Waals surface area contributed by atoms with Gasteiger partial charge in [0.15, 0.2) is 0 Å². The number of rotatable bonds is 4. The molecule has 6 nitrogen and oxygen atoms in total. The molecule has 1 heterocycles. The first-order valence-electron chi connectivity index (χ1n) is 9.37. The van der Waals surface area contributed by atoms with Crippen molar-refractivity contribution in [2.75, 3.05) is 12.4 Å². The van der Waals surface area contributed by atoms with E-state index in [-0.39, 0.29) is 11.9 Å². The Morgan fingerprint density at radius 3 is 2.55 bits per heavy atom. The molecule has 1 N–H and O–H groups in total. The van der Waals surface area contributed by atoms with Gasteiger partial charge in [-0.1, -0.05) is 18.2 Å². The number of aromatic nitrogens is 1. The third-order valence-electron chi connectivity index (χ3n) is 4.32. The normalized spacial score (nSPS) is 12.4. The molecule has 1 atom stereocenters. The number of para-hydroxylation sites is 1. The Morgan fingerprint density at radius 1 is 1.14 bits per heavy atom. The lowest BCUT2D eigenvalue weighted by Crippen LogP contribution is -2.30. The minimum Gasteiger partial charge on any atom is -0.444 e. The molecule has 0 aliphatic heterocycles. The first-order valence-corrected chi connectivity index (χ1v) is 10.2. The third kappa shape index (κ3) is 5.12. The molecule has 0 fully saturated rings. The number of hydrogen-bond donors (Lipinski definition) is 1. The van der Waals surface area contributed by atoms with E-state index in [0.717, 1.165) is 15.2 Å². The molecule has 29 heavy (non-hydrogen) atoms. The molecule has 2 amide bonds. The van der Waals surface area contributed by atoms with Crippen LogP contribution in [-0.2, 0) is 4.74 Å². The van der Waals surface area contributed by atoms with Crippen molar-refractivity contribution in [2.24, 2.45) is 0 Å². The number of carbonyl (C=O) groups excluding carboxylic acids is 2. The van der Waals surface area contributed by atoms with E-state index in [2.05, 4.69) is 10.3 Å². The Morgan fingerprint density at radius 2 is 1.86 bits per heavy atom. The van der Waals surface area contributed by atoms with E-state index in [1.165, 1.54) is 0 Å². The highest BCUT2D eigenvalue weighted by atomic mass is 32.1. The average molecular weight is 412 g/mol. The van der Waals surface area contributed by atoms with Crippen molar-refractivity contribution in [3.05, 3.63) is 59.1 Å². The van der Waals surface area contributed by atoms with Gasteiger partial charge in [0, 0.05) is 18.3 Å². The molecule has 0 saturated heterocycles. The lowest BCUT2D eigenvalue weighted by molar-refractivity contribution is 0.0634. The average Bonchev–Trinajstić information content (AvgIpc) is 3.09. The fourth-order valence-electron chi connectivity index (χ4n) is 2.77. The van der Waals surface area contributed by atoms with E-state index in [0.29, 0.717) is 11.3 Å². The molecule has 1 aromatic heterocycles. The summed E-state index contributed by atoms with van der Waals surface area (Å²) in [5.74, 6) is -0.149. The van der Waals surface area contributed by atoms with E-state index in [4.69, 9.17) is 4.74 Å². The van der Waals surface area contributed by atoms with Gasteiger partial charge in [0.2, 0.25) is 0 Å². The van der Waals surface area contributed by atoms with E-state index < -0.39 is 11.7 Å². The Bertz CT molecular complexity index is 1010. The SMILES string of the molecule is C[C@H](c1nc2ccccc2s1)N(C)C(=O)c1cccc(NC(=O)OC(C)(C)C)c1. The first-order chi connectivity index (χ1) is 13.6. The quantitative estimate of drug-likeness (QED) is 0.617. The van der Waals surface area contributed by atoms with Gasteiger partial charge < -0.3 is 9.64 Å². The molecule has 152 valence electrons. The maximum absolute atomic E-state index is 13.0. The van der Waals surface area contributed by atoms with E-state index >= 15 is 0 Å². The Hall–Kier alpha value is -2.93. The number of ether oxygens (including phenoxy) is 1. The lowest BCUT2D eigenvalue weighted by Gasteiger charge is -2.23. The van der Waals surface area contributed by atoms with Crippen LogP contribution in [0.5, 0.6) is 0 Å². The van der Waals surface area contributed by atoms with Crippen LogP contribution < -0.4 is 5.32 Å². The number of carbonyl (C=O) groups is 2. The molecule has 2 aromatic carbocycles. The second-order valence-electron chi connectivity index (χ2n) is 7.82. The molecule has 3 rings (SSSR count). The maximum Gasteiger partial charge on any atom is 0.412 e. The molecular formula is C22H25N3O3S. The molecule has 7 heteroatoms. The first kappa shape index (κ1) is 20.8. The summed E-state index contributed by atoms with van der Waals surface area (Å²) in [5.41, 5.74) is 1.33. The van der Waals surface area contributed by atoms with Crippen molar-refractivity contribution in [3.8, 4) is 0 Å². The molecule has 0 bridgehead atoms. The second kappa shape index (κ2) is 8.21. The Labute approximate surface area is 174 Å². The van der Waals surface area contributed by atoms with Crippen molar-refractivity contribution in [3.63, 3.8) is 0 Å².